The van der Waals surface area contributed by atoms with Crippen LogP contribution in [0.3, 0.4) is 0 Å². The van der Waals surface area contributed by atoms with Gasteiger partial charge in [-0.1, -0.05) is 18.2 Å². The molecule has 0 spiro atoms. The summed E-state index contributed by atoms with van der Waals surface area (Å²) in [5.41, 5.74) is 1.41. The number of carbonyl (C=O) groups is 1. The maximum Gasteiger partial charge on any atom is 0.313 e. The fraction of sp³-hybridized carbons (Fsp3) is 0.364. The minimum absolute atomic E-state index is 0.407. The molecule has 1 aliphatic heterocycles. The zero-order valence-electron chi connectivity index (χ0n) is 8.24. The monoisotopic (exact) mass is 191 g/mol. The Morgan fingerprint density at radius 2 is 2.07 bits per heavy atom. The molecule has 0 aromatic heterocycles. The van der Waals surface area contributed by atoms with Gasteiger partial charge >= 0.3 is 5.97 Å². The molecule has 1 atom stereocenters. The molecule has 0 saturated heterocycles. The highest BCUT2D eigenvalue weighted by Crippen LogP contribution is 2.42. The van der Waals surface area contributed by atoms with E-state index < -0.39 is 17.4 Å². The van der Waals surface area contributed by atoms with Crippen LogP contribution in [0, 0.1) is 0 Å². The lowest BCUT2D eigenvalue weighted by Gasteiger charge is -2.24. The Balaban J connectivity index is 2.53. The number of nitrogens with one attached hydrogen (secondary N) is 1. The maximum absolute atomic E-state index is 11.1. The molecule has 0 aliphatic carbocycles. The van der Waals surface area contributed by atoms with Gasteiger partial charge in [-0.25, -0.2) is 0 Å². The molecule has 0 amide bonds. The number of aliphatic carboxylic acids is 1. The topological polar surface area (TPSA) is 49.3 Å². The smallest absolute Gasteiger partial charge is 0.313 e. The fourth-order valence-corrected chi connectivity index (χ4v) is 2.11. The van der Waals surface area contributed by atoms with Crippen molar-refractivity contribution >= 4 is 11.7 Å². The molecule has 0 radical (unpaired) electrons. The summed E-state index contributed by atoms with van der Waals surface area (Å²) in [5, 5.41) is 12.4. The van der Waals surface area contributed by atoms with Crippen LogP contribution < -0.4 is 5.32 Å². The van der Waals surface area contributed by atoms with Crippen LogP contribution in [-0.4, -0.2) is 16.6 Å². The third-order valence-corrected chi connectivity index (χ3v) is 2.70. The number of para-hydroxylation sites is 1. The normalized spacial score (nSPS) is 22.6. The van der Waals surface area contributed by atoms with Crippen LogP contribution in [0.5, 0.6) is 0 Å². The van der Waals surface area contributed by atoms with E-state index in [-0.39, 0.29) is 0 Å². The second-order valence-corrected chi connectivity index (χ2v) is 4.21. The third-order valence-electron chi connectivity index (χ3n) is 2.70. The Morgan fingerprint density at radius 3 is 2.71 bits per heavy atom. The van der Waals surface area contributed by atoms with Gasteiger partial charge in [0.1, 0.15) is 5.92 Å². The van der Waals surface area contributed by atoms with Gasteiger partial charge in [-0.3, -0.25) is 4.79 Å². The van der Waals surface area contributed by atoms with E-state index in [1.54, 1.807) is 0 Å². The first-order chi connectivity index (χ1) is 6.52. The Hall–Kier alpha value is -1.51. The Kier molecular flexibility index (Phi) is 1.77. The van der Waals surface area contributed by atoms with Gasteiger partial charge in [0.25, 0.3) is 0 Å². The lowest BCUT2D eigenvalue weighted by atomic mass is 9.86. The quantitative estimate of drug-likeness (QED) is 0.714. The number of carboxylic acid groups (broad SMARTS) is 1. The number of carboxylic acids is 1. The van der Waals surface area contributed by atoms with Crippen LogP contribution in [0.15, 0.2) is 24.3 Å². The highest BCUT2D eigenvalue weighted by atomic mass is 16.4. The molecule has 0 fully saturated rings. The molecule has 1 aromatic carbocycles. The summed E-state index contributed by atoms with van der Waals surface area (Å²) in [6.45, 7) is 3.82. The number of fused-ring (bicyclic) bond motifs is 1. The zero-order valence-corrected chi connectivity index (χ0v) is 8.24. The Bertz CT molecular complexity index is 385. The third kappa shape index (κ3) is 1.16. The highest BCUT2D eigenvalue weighted by Gasteiger charge is 2.43. The lowest BCUT2D eigenvalue weighted by Crippen LogP contribution is -2.36. The van der Waals surface area contributed by atoms with E-state index in [0.29, 0.717) is 0 Å². The van der Waals surface area contributed by atoms with Crippen molar-refractivity contribution in [2.45, 2.75) is 25.3 Å². The van der Waals surface area contributed by atoms with E-state index in [0.717, 1.165) is 11.3 Å². The van der Waals surface area contributed by atoms with E-state index in [1.807, 2.05) is 38.1 Å². The van der Waals surface area contributed by atoms with Crippen LogP contribution in [0.4, 0.5) is 5.69 Å². The van der Waals surface area contributed by atoms with Gasteiger partial charge in [-0.15, -0.1) is 0 Å². The molecule has 2 rings (SSSR count). The van der Waals surface area contributed by atoms with Crippen LogP contribution in [0.2, 0.25) is 0 Å². The van der Waals surface area contributed by atoms with Gasteiger partial charge in [-0.2, -0.15) is 0 Å². The predicted octanol–water partition coefficient (Wildman–Crippen LogP) is 2.06. The predicted molar refractivity (Wildman–Crippen MR) is 54.5 cm³/mol. The molecule has 2 N–H and O–H groups in total. The minimum Gasteiger partial charge on any atom is -0.481 e. The average molecular weight is 191 g/mol. The van der Waals surface area contributed by atoms with Crippen LogP contribution in [0.25, 0.3) is 0 Å². The van der Waals surface area contributed by atoms with Gasteiger partial charge in [0, 0.05) is 11.2 Å². The van der Waals surface area contributed by atoms with Crippen LogP contribution in [-0.2, 0) is 4.79 Å². The first-order valence-corrected chi connectivity index (χ1v) is 4.62. The van der Waals surface area contributed by atoms with Crippen molar-refractivity contribution in [3.05, 3.63) is 29.8 Å². The Morgan fingerprint density at radius 1 is 1.43 bits per heavy atom. The molecule has 0 bridgehead atoms. The minimum atomic E-state index is -0.771. The van der Waals surface area contributed by atoms with Gasteiger partial charge < -0.3 is 10.4 Å². The molecule has 0 saturated carbocycles. The summed E-state index contributed by atoms with van der Waals surface area (Å²) in [5.74, 6) is -1.23. The van der Waals surface area contributed by atoms with E-state index in [9.17, 15) is 4.79 Å². The average Bonchev–Trinajstić information content (AvgIpc) is 2.33. The first-order valence-electron chi connectivity index (χ1n) is 4.62. The number of hydrogen-bond donors (Lipinski definition) is 2. The maximum atomic E-state index is 11.1. The standard InChI is InChI=1S/C11H13NO2/c1-11(2)9(10(13)14)7-5-3-4-6-8(7)12-11/h3-6,9,12H,1-2H3,(H,13,14). The molecule has 14 heavy (non-hydrogen) atoms. The molecule has 74 valence electrons. The van der Waals surface area contributed by atoms with Crippen molar-refractivity contribution in [3.8, 4) is 0 Å². The number of hydrogen-bond acceptors (Lipinski definition) is 2. The van der Waals surface area contributed by atoms with Crippen molar-refractivity contribution in [1.82, 2.24) is 0 Å². The lowest BCUT2D eigenvalue weighted by molar-refractivity contribution is -0.139. The molecular formula is C11H13NO2. The molecule has 1 heterocycles. The fourth-order valence-electron chi connectivity index (χ4n) is 2.11. The first kappa shape index (κ1) is 9.06. The van der Waals surface area contributed by atoms with E-state index in [4.69, 9.17) is 5.11 Å². The van der Waals surface area contributed by atoms with E-state index in [1.165, 1.54) is 0 Å². The molecule has 3 heteroatoms. The molecule has 1 aromatic rings. The summed E-state index contributed by atoms with van der Waals surface area (Å²) in [6.07, 6.45) is 0. The second-order valence-electron chi connectivity index (χ2n) is 4.21. The van der Waals surface area contributed by atoms with Crippen molar-refractivity contribution in [2.75, 3.05) is 5.32 Å². The van der Waals surface area contributed by atoms with Crippen molar-refractivity contribution in [2.24, 2.45) is 0 Å². The summed E-state index contributed by atoms with van der Waals surface area (Å²) >= 11 is 0. The van der Waals surface area contributed by atoms with E-state index >= 15 is 0 Å². The molecule has 1 unspecified atom stereocenters. The number of benzene rings is 1. The molecule has 3 nitrogen and oxygen atoms in total. The van der Waals surface area contributed by atoms with Crippen molar-refractivity contribution in [1.29, 1.82) is 0 Å². The van der Waals surface area contributed by atoms with Gasteiger partial charge in [-0.05, 0) is 25.5 Å². The second kappa shape index (κ2) is 2.74. The summed E-state index contributed by atoms with van der Waals surface area (Å²) < 4.78 is 0. The largest absolute Gasteiger partial charge is 0.481 e. The summed E-state index contributed by atoms with van der Waals surface area (Å²) in [7, 11) is 0. The molecule has 1 aliphatic rings. The van der Waals surface area contributed by atoms with Gasteiger partial charge in [0.05, 0.1) is 0 Å². The zero-order chi connectivity index (χ0) is 10.3. The highest BCUT2D eigenvalue weighted by molar-refractivity contribution is 5.84. The van der Waals surface area contributed by atoms with E-state index in [2.05, 4.69) is 5.32 Å². The molecular weight excluding hydrogens is 178 g/mol. The van der Waals surface area contributed by atoms with Crippen LogP contribution >= 0.6 is 0 Å². The number of anilines is 1. The SMILES string of the molecule is CC1(C)Nc2ccccc2C1C(=O)O. The summed E-state index contributed by atoms with van der Waals surface area (Å²) in [4.78, 5) is 11.1. The van der Waals surface area contributed by atoms with Crippen molar-refractivity contribution < 1.29 is 9.90 Å². The van der Waals surface area contributed by atoms with Gasteiger partial charge in [0.2, 0.25) is 0 Å². The van der Waals surface area contributed by atoms with Crippen LogP contribution in [0.1, 0.15) is 25.3 Å². The Labute approximate surface area is 82.8 Å². The summed E-state index contributed by atoms with van der Waals surface area (Å²) in [6, 6.07) is 7.57. The number of rotatable bonds is 1. The van der Waals surface area contributed by atoms with Crippen molar-refractivity contribution in [3.63, 3.8) is 0 Å². The van der Waals surface area contributed by atoms with Gasteiger partial charge in [0.15, 0.2) is 0 Å².